The van der Waals surface area contributed by atoms with Crippen molar-refractivity contribution in [2.75, 3.05) is 30.0 Å². The molecule has 2 aliphatic heterocycles. The van der Waals surface area contributed by atoms with Gasteiger partial charge in [0.05, 0.1) is 29.7 Å². The molecule has 1 aromatic rings. The first-order valence-corrected chi connectivity index (χ1v) is 10.2. The van der Waals surface area contributed by atoms with Crippen LogP contribution in [0.25, 0.3) is 0 Å². The first-order valence-electron chi connectivity index (χ1n) is 8.42. The van der Waals surface area contributed by atoms with Crippen molar-refractivity contribution in [3.05, 3.63) is 24.3 Å². The number of carbonyl (C=O) groups excluding carboxylic acids is 2. The van der Waals surface area contributed by atoms with Crippen LogP contribution < -0.4 is 10.1 Å². The lowest BCUT2D eigenvalue weighted by atomic mass is 10.1. The van der Waals surface area contributed by atoms with Crippen LogP contribution in [-0.2, 0) is 19.4 Å². The quantitative estimate of drug-likeness (QED) is 0.841. The van der Waals surface area contributed by atoms with Crippen molar-refractivity contribution in [2.24, 2.45) is 5.92 Å². The Labute approximate surface area is 147 Å². The first-order chi connectivity index (χ1) is 11.9. The zero-order chi connectivity index (χ0) is 18.0. The third-order valence-corrected chi connectivity index (χ3v) is 6.37. The Hall–Kier alpha value is -2.09. The molecule has 2 atom stereocenters. The van der Waals surface area contributed by atoms with E-state index >= 15 is 0 Å². The molecule has 7 nitrogen and oxygen atoms in total. The van der Waals surface area contributed by atoms with Gasteiger partial charge in [0.1, 0.15) is 5.75 Å². The molecule has 3 rings (SSSR count). The molecule has 2 fully saturated rings. The number of anilines is 1. The molecule has 2 amide bonds. The van der Waals surface area contributed by atoms with Gasteiger partial charge in [-0.25, -0.2) is 8.42 Å². The molecule has 136 valence electrons. The lowest BCUT2D eigenvalue weighted by molar-refractivity contribution is -0.129. The molecule has 8 heteroatoms. The van der Waals surface area contributed by atoms with Crippen molar-refractivity contribution in [3.63, 3.8) is 0 Å². The van der Waals surface area contributed by atoms with Gasteiger partial charge < -0.3 is 15.0 Å². The van der Waals surface area contributed by atoms with Gasteiger partial charge in [0.25, 0.3) is 0 Å². The summed E-state index contributed by atoms with van der Waals surface area (Å²) in [7, 11) is -3.07. The molecular weight excluding hydrogens is 344 g/mol. The van der Waals surface area contributed by atoms with Crippen LogP contribution in [0.3, 0.4) is 0 Å². The Morgan fingerprint density at radius 1 is 1.36 bits per heavy atom. The van der Waals surface area contributed by atoms with Gasteiger partial charge in [-0.2, -0.15) is 0 Å². The minimum Gasteiger partial charge on any atom is -0.492 e. The highest BCUT2D eigenvalue weighted by Gasteiger charge is 2.41. The first kappa shape index (κ1) is 17.7. The highest BCUT2D eigenvalue weighted by Crippen LogP contribution is 2.29. The van der Waals surface area contributed by atoms with Crippen molar-refractivity contribution in [2.45, 2.75) is 25.8 Å². The Morgan fingerprint density at radius 2 is 2.12 bits per heavy atom. The fourth-order valence-corrected chi connectivity index (χ4v) is 5.10. The highest BCUT2D eigenvalue weighted by atomic mass is 32.2. The number of nitrogens with zero attached hydrogens (tertiary/aromatic N) is 1. The third kappa shape index (κ3) is 3.95. The monoisotopic (exact) mass is 366 g/mol. The number of likely N-dealkylation sites (tertiary alicyclic amines) is 1. The van der Waals surface area contributed by atoms with Gasteiger partial charge in [-0.15, -0.1) is 0 Å². The van der Waals surface area contributed by atoms with Crippen molar-refractivity contribution in [3.8, 4) is 5.75 Å². The van der Waals surface area contributed by atoms with Crippen molar-refractivity contribution >= 4 is 27.3 Å². The minimum atomic E-state index is -3.07. The molecule has 0 radical (unpaired) electrons. The van der Waals surface area contributed by atoms with E-state index in [0.717, 1.165) is 0 Å². The maximum Gasteiger partial charge on any atom is 0.229 e. The lowest BCUT2D eigenvalue weighted by Crippen LogP contribution is -2.38. The Kier molecular flexibility index (Phi) is 4.99. The summed E-state index contributed by atoms with van der Waals surface area (Å²) < 4.78 is 28.7. The van der Waals surface area contributed by atoms with E-state index in [0.29, 0.717) is 24.5 Å². The highest BCUT2D eigenvalue weighted by molar-refractivity contribution is 7.91. The molecule has 0 spiro atoms. The fourth-order valence-electron chi connectivity index (χ4n) is 3.37. The van der Waals surface area contributed by atoms with Crippen LogP contribution in [0.15, 0.2) is 24.3 Å². The number of carbonyl (C=O) groups is 2. The van der Waals surface area contributed by atoms with Crippen LogP contribution in [0.2, 0.25) is 0 Å². The molecule has 0 aromatic heterocycles. The summed E-state index contributed by atoms with van der Waals surface area (Å²) in [4.78, 5) is 26.3. The number of rotatable bonds is 5. The second-order valence-electron chi connectivity index (χ2n) is 6.42. The van der Waals surface area contributed by atoms with Crippen LogP contribution in [0, 0.1) is 5.92 Å². The van der Waals surface area contributed by atoms with Crippen molar-refractivity contribution in [1.29, 1.82) is 0 Å². The summed E-state index contributed by atoms with van der Waals surface area (Å²) in [5.41, 5.74) is 0.573. The Bertz CT molecular complexity index is 777. The minimum absolute atomic E-state index is 0.000250. The summed E-state index contributed by atoms with van der Waals surface area (Å²) in [6.45, 7) is 2.61. The number of benzene rings is 1. The fraction of sp³-hybridized carbons (Fsp3) is 0.529. The van der Waals surface area contributed by atoms with E-state index in [1.165, 1.54) is 0 Å². The van der Waals surface area contributed by atoms with E-state index in [9.17, 15) is 18.0 Å². The topological polar surface area (TPSA) is 92.8 Å². The van der Waals surface area contributed by atoms with Crippen LogP contribution >= 0.6 is 0 Å². The molecule has 0 aliphatic carbocycles. The molecule has 2 saturated heterocycles. The lowest BCUT2D eigenvalue weighted by Gasteiger charge is -2.23. The molecule has 0 saturated carbocycles. The number of ether oxygens (including phenoxy) is 1. The van der Waals surface area contributed by atoms with E-state index in [2.05, 4.69) is 5.32 Å². The smallest absolute Gasteiger partial charge is 0.229 e. The maximum absolute atomic E-state index is 12.5. The van der Waals surface area contributed by atoms with E-state index in [4.69, 9.17) is 4.74 Å². The van der Waals surface area contributed by atoms with Gasteiger partial charge in [-0.1, -0.05) is 12.1 Å². The van der Waals surface area contributed by atoms with Gasteiger partial charge in [0.2, 0.25) is 11.8 Å². The second-order valence-corrected chi connectivity index (χ2v) is 8.65. The summed E-state index contributed by atoms with van der Waals surface area (Å²) >= 11 is 0. The largest absolute Gasteiger partial charge is 0.492 e. The Balaban J connectivity index is 1.65. The number of hydrogen-bond acceptors (Lipinski definition) is 5. The van der Waals surface area contributed by atoms with Crippen LogP contribution in [0.4, 0.5) is 5.69 Å². The zero-order valence-electron chi connectivity index (χ0n) is 14.1. The molecule has 2 heterocycles. The summed E-state index contributed by atoms with van der Waals surface area (Å²) in [5.74, 6) is -0.184. The third-order valence-electron chi connectivity index (χ3n) is 4.62. The molecular formula is C17H22N2O5S. The predicted molar refractivity (Wildman–Crippen MR) is 93.1 cm³/mol. The standard InChI is InChI=1S/C17H22N2O5S/c1-2-24-15-6-4-3-5-14(15)18-17(21)12-9-16(20)19(10-12)13-7-8-25(22,23)11-13/h3-6,12-13H,2,7-11H2,1H3,(H,18,21). The molecule has 2 aliphatic rings. The molecule has 0 bridgehead atoms. The van der Waals surface area contributed by atoms with E-state index in [-0.39, 0.29) is 42.3 Å². The predicted octanol–water partition coefficient (Wildman–Crippen LogP) is 1.06. The van der Waals surface area contributed by atoms with Gasteiger partial charge in [0, 0.05) is 19.0 Å². The van der Waals surface area contributed by atoms with Crippen molar-refractivity contribution in [1.82, 2.24) is 4.90 Å². The van der Waals surface area contributed by atoms with Gasteiger partial charge in [0.15, 0.2) is 9.84 Å². The molecule has 25 heavy (non-hydrogen) atoms. The average Bonchev–Trinajstić information content (AvgIpc) is 3.12. The second kappa shape index (κ2) is 7.03. The summed E-state index contributed by atoms with van der Waals surface area (Å²) in [5, 5.41) is 2.82. The normalized spacial score (nSPS) is 25.2. The number of amides is 2. The number of sulfone groups is 1. The van der Waals surface area contributed by atoms with Crippen LogP contribution in [0.1, 0.15) is 19.8 Å². The SMILES string of the molecule is CCOc1ccccc1NC(=O)C1CC(=O)N(C2CCS(=O)(=O)C2)C1. The molecule has 1 aromatic carbocycles. The molecule has 2 unspecified atom stereocenters. The average molecular weight is 366 g/mol. The van der Waals surface area contributed by atoms with Gasteiger partial charge in [-0.3, -0.25) is 9.59 Å². The number of para-hydroxylation sites is 2. The van der Waals surface area contributed by atoms with Crippen LogP contribution in [-0.4, -0.2) is 55.8 Å². The van der Waals surface area contributed by atoms with Crippen LogP contribution in [0.5, 0.6) is 5.75 Å². The van der Waals surface area contributed by atoms with E-state index in [1.54, 1.807) is 23.1 Å². The number of nitrogens with one attached hydrogen (secondary N) is 1. The van der Waals surface area contributed by atoms with E-state index in [1.807, 2.05) is 13.0 Å². The molecule has 1 N–H and O–H groups in total. The summed E-state index contributed by atoms with van der Waals surface area (Å²) in [6.07, 6.45) is 0.564. The van der Waals surface area contributed by atoms with Crippen molar-refractivity contribution < 1.29 is 22.7 Å². The maximum atomic E-state index is 12.5. The van der Waals surface area contributed by atoms with Gasteiger partial charge in [-0.05, 0) is 25.5 Å². The zero-order valence-corrected chi connectivity index (χ0v) is 14.9. The summed E-state index contributed by atoms with van der Waals surface area (Å²) in [6, 6.07) is 6.84. The van der Waals surface area contributed by atoms with E-state index < -0.39 is 15.8 Å². The number of hydrogen-bond donors (Lipinski definition) is 1. The Morgan fingerprint density at radius 3 is 2.80 bits per heavy atom. The van der Waals surface area contributed by atoms with Gasteiger partial charge >= 0.3 is 0 Å².